The molecule has 1 atom stereocenters. The molecule has 0 aliphatic rings. The van der Waals surface area contributed by atoms with Crippen molar-refractivity contribution >= 4 is 5.97 Å². The highest BCUT2D eigenvalue weighted by Gasteiger charge is 2.28. The van der Waals surface area contributed by atoms with Gasteiger partial charge in [0, 0.05) is 0 Å². The Kier molecular flexibility index (Phi) is 4.70. The van der Waals surface area contributed by atoms with Gasteiger partial charge in [-0.05, 0) is 11.8 Å². The van der Waals surface area contributed by atoms with Crippen LogP contribution in [0.1, 0.15) is 27.2 Å². The second-order valence-electron chi connectivity index (χ2n) is 4.09. The Balaban J connectivity index is 3.90. The third-order valence-electron chi connectivity index (χ3n) is 1.75. The summed E-state index contributed by atoms with van der Waals surface area (Å²) in [6.45, 7) is 9.62. The van der Waals surface area contributed by atoms with Crippen molar-refractivity contribution in [3.8, 4) is 0 Å². The van der Waals surface area contributed by atoms with Crippen molar-refractivity contribution in [1.29, 1.82) is 0 Å². The molecule has 0 bridgehead atoms. The van der Waals surface area contributed by atoms with Crippen molar-refractivity contribution in [1.82, 2.24) is 0 Å². The molecule has 0 aromatic rings. The molecule has 0 unspecified atom stereocenters. The SMILES string of the molecule is C=CCCOC(=O)[C@@H](N)C(C)(C)C. The lowest BCUT2D eigenvalue weighted by atomic mass is 9.87. The van der Waals surface area contributed by atoms with E-state index in [1.54, 1.807) is 6.08 Å². The van der Waals surface area contributed by atoms with Gasteiger partial charge in [-0.1, -0.05) is 26.8 Å². The average Bonchev–Trinajstić information content (AvgIpc) is 2.01. The quantitative estimate of drug-likeness (QED) is 0.410. The molecule has 13 heavy (non-hydrogen) atoms. The fourth-order valence-corrected chi connectivity index (χ4v) is 0.686. The molecule has 3 nitrogen and oxygen atoms in total. The van der Waals surface area contributed by atoms with Crippen molar-refractivity contribution in [3.05, 3.63) is 12.7 Å². The molecule has 76 valence electrons. The van der Waals surface area contributed by atoms with Gasteiger partial charge >= 0.3 is 5.97 Å². The van der Waals surface area contributed by atoms with Crippen LogP contribution in [0.15, 0.2) is 12.7 Å². The van der Waals surface area contributed by atoms with Crippen LogP contribution >= 0.6 is 0 Å². The van der Waals surface area contributed by atoms with Gasteiger partial charge in [0.2, 0.25) is 0 Å². The average molecular weight is 185 g/mol. The standard InChI is InChI=1S/C10H19NO2/c1-5-6-7-13-9(12)8(11)10(2,3)4/h5,8H,1,6-7,11H2,2-4H3/t8-/m1/s1. The van der Waals surface area contributed by atoms with Crippen molar-refractivity contribution in [2.45, 2.75) is 33.2 Å². The zero-order chi connectivity index (χ0) is 10.5. The Labute approximate surface area is 79.9 Å². The summed E-state index contributed by atoms with van der Waals surface area (Å²) in [5.74, 6) is -0.339. The maximum Gasteiger partial charge on any atom is 0.323 e. The lowest BCUT2D eigenvalue weighted by Gasteiger charge is -2.24. The third kappa shape index (κ3) is 4.68. The van der Waals surface area contributed by atoms with Gasteiger partial charge in [-0.15, -0.1) is 6.58 Å². The monoisotopic (exact) mass is 185 g/mol. The topological polar surface area (TPSA) is 52.3 Å². The van der Waals surface area contributed by atoms with Crippen LogP contribution in [0.4, 0.5) is 0 Å². The zero-order valence-electron chi connectivity index (χ0n) is 8.67. The zero-order valence-corrected chi connectivity index (χ0v) is 8.67. The van der Waals surface area contributed by atoms with E-state index < -0.39 is 6.04 Å². The fraction of sp³-hybridized carbons (Fsp3) is 0.700. The number of carbonyl (C=O) groups excluding carboxylic acids is 1. The highest BCUT2D eigenvalue weighted by molar-refractivity contribution is 5.76. The summed E-state index contributed by atoms with van der Waals surface area (Å²) in [7, 11) is 0. The van der Waals surface area contributed by atoms with Gasteiger partial charge in [-0.25, -0.2) is 0 Å². The number of carbonyl (C=O) groups is 1. The van der Waals surface area contributed by atoms with E-state index in [2.05, 4.69) is 6.58 Å². The lowest BCUT2D eigenvalue weighted by Crippen LogP contribution is -2.43. The molecule has 2 N–H and O–H groups in total. The molecular weight excluding hydrogens is 166 g/mol. The van der Waals surface area contributed by atoms with Crippen LogP contribution in [0.2, 0.25) is 0 Å². The summed E-state index contributed by atoms with van der Waals surface area (Å²) >= 11 is 0. The van der Waals surface area contributed by atoms with Crippen molar-refractivity contribution < 1.29 is 9.53 Å². The van der Waals surface area contributed by atoms with Crippen molar-refractivity contribution in [2.75, 3.05) is 6.61 Å². The van der Waals surface area contributed by atoms with E-state index in [0.717, 1.165) is 0 Å². The molecule has 0 heterocycles. The molecule has 0 aromatic carbocycles. The first-order valence-corrected chi connectivity index (χ1v) is 4.42. The van der Waals surface area contributed by atoms with Gasteiger partial charge in [0.05, 0.1) is 6.61 Å². The van der Waals surface area contributed by atoms with E-state index in [-0.39, 0.29) is 11.4 Å². The molecule has 0 rings (SSSR count). The Morgan fingerprint density at radius 2 is 2.15 bits per heavy atom. The van der Waals surface area contributed by atoms with Gasteiger partial charge in [-0.2, -0.15) is 0 Å². The molecule has 0 spiro atoms. The molecule has 0 saturated carbocycles. The number of rotatable bonds is 4. The smallest absolute Gasteiger partial charge is 0.323 e. The van der Waals surface area contributed by atoms with Crippen LogP contribution in [0.3, 0.4) is 0 Å². The van der Waals surface area contributed by atoms with E-state index in [1.165, 1.54) is 0 Å². The highest BCUT2D eigenvalue weighted by Crippen LogP contribution is 2.18. The van der Waals surface area contributed by atoms with Crippen LogP contribution in [-0.2, 0) is 9.53 Å². The minimum Gasteiger partial charge on any atom is -0.464 e. The second kappa shape index (κ2) is 5.02. The minimum atomic E-state index is -0.558. The van der Waals surface area contributed by atoms with Gasteiger partial charge in [-0.3, -0.25) is 4.79 Å². The largest absolute Gasteiger partial charge is 0.464 e. The Morgan fingerprint density at radius 1 is 1.62 bits per heavy atom. The molecule has 0 radical (unpaired) electrons. The number of nitrogens with two attached hydrogens (primary N) is 1. The summed E-state index contributed by atoms with van der Waals surface area (Å²) in [6.07, 6.45) is 2.37. The van der Waals surface area contributed by atoms with E-state index in [0.29, 0.717) is 13.0 Å². The van der Waals surface area contributed by atoms with Crippen LogP contribution in [0.5, 0.6) is 0 Å². The molecule has 0 aliphatic carbocycles. The van der Waals surface area contributed by atoms with Crippen molar-refractivity contribution in [2.24, 2.45) is 11.1 Å². The number of ether oxygens (including phenoxy) is 1. The number of hydrogen-bond acceptors (Lipinski definition) is 3. The van der Waals surface area contributed by atoms with Gasteiger partial charge < -0.3 is 10.5 Å². The molecule has 0 fully saturated rings. The summed E-state index contributed by atoms with van der Waals surface area (Å²) in [5, 5.41) is 0. The lowest BCUT2D eigenvalue weighted by molar-refractivity contribution is -0.147. The molecule has 0 saturated heterocycles. The fourth-order valence-electron chi connectivity index (χ4n) is 0.686. The molecule has 0 aliphatic heterocycles. The summed E-state index contributed by atoms with van der Waals surface area (Å²) in [6, 6.07) is -0.558. The highest BCUT2D eigenvalue weighted by atomic mass is 16.5. The number of hydrogen-bond donors (Lipinski definition) is 1. The predicted molar refractivity (Wildman–Crippen MR) is 53.2 cm³/mol. The third-order valence-corrected chi connectivity index (χ3v) is 1.75. The molecule has 0 amide bonds. The second-order valence-corrected chi connectivity index (χ2v) is 4.09. The predicted octanol–water partition coefficient (Wildman–Crippen LogP) is 1.48. The van der Waals surface area contributed by atoms with E-state index in [4.69, 9.17) is 10.5 Å². The van der Waals surface area contributed by atoms with Crippen LogP contribution < -0.4 is 5.73 Å². The van der Waals surface area contributed by atoms with Crippen LogP contribution in [0.25, 0.3) is 0 Å². The van der Waals surface area contributed by atoms with Gasteiger partial charge in [0.25, 0.3) is 0 Å². The molecule has 3 heteroatoms. The van der Waals surface area contributed by atoms with E-state index in [1.807, 2.05) is 20.8 Å². The number of esters is 1. The maximum atomic E-state index is 11.3. The van der Waals surface area contributed by atoms with E-state index >= 15 is 0 Å². The molecule has 0 aromatic heterocycles. The van der Waals surface area contributed by atoms with Gasteiger partial charge in [0.15, 0.2) is 0 Å². The van der Waals surface area contributed by atoms with Crippen molar-refractivity contribution in [3.63, 3.8) is 0 Å². The first kappa shape index (κ1) is 12.2. The first-order chi connectivity index (χ1) is 5.89. The Bertz CT molecular complexity index is 182. The Morgan fingerprint density at radius 3 is 2.54 bits per heavy atom. The summed E-state index contributed by atoms with van der Waals surface area (Å²) in [5.41, 5.74) is 5.43. The Hall–Kier alpha value is -0.830. The maximum absolute atomic E-state index is 11.3. The minimum absolute atomic E-state index is 0.245. The van der Waals surface area contributed by atoms with Gasteiger partial charge in [0.1, 0.15) is 6.04 Å². The van der Waals surface area contributed by atoms with E-state index in [9.17, 15) is 4.79 Å². The van der Waals surface area contributed by atoms with Crippen LogP contribution in [-0.4, -0.2) is 18.6 Å². The molecular formula is C10H19NO2. The van der Waals surface area contributed by atoms with Crippen LogP contribution in [0, 0.1) is 5.41 Å². The first-order valence-electron chi connectivity index (χ1n) is 4.42. The summed E-state index contributed by atoms with van der Waals surface area (Å²) < 4.78 is 4.94. The normalized spacial score (nSPS) is 13.5. The summed E-state index contributed by atoms with van der Waals surface area (Å²) in [4.78, 5) is 11.3.